The van der Waals surface area contributed by atoms with E-state index in [0.717, 1.165) is 19.3 Å². The van der Waals surface area contributed by atoms with Crippen molar-refractivity contribution in [2.45, 2.75) is 81.7 Å². The fourth-order valence-electron chi connectivity index (χ4n) is 6.23. The molecule has 4 saturated carbocycles. The van der Waals surface area contributed by atoms with Crippen molar-refractivity contribution in [1.29, 1.82) is 0 Å². The van der Waals surface area contributed by atoms with E-state index < -0.39 is 51.8 Å². The van der Waals surface area contributed by atoms with Gasteiger partial charge in [0.15, 0.2) is 10.1 Å². The van der Waals surface area contributed by atoms with E-state index in [1.54, 1.807) is 0 Å². The van der Waals surface area contributed by atoms with Gasteiger partial charge in [-0.2, -0.15) is 35.1 Å². The number of hydrogen-bond acceptors (Lipinski definition) is 4. The zero-order valence-electron chi connectivity index (χ0n) is 16.5. The standard InChI is InChI=1S/C17H22F8O4S.Y/c1-12-5-10-4-11(6-12)8-13(7-10,9-12)2-3-14(18,19)15(20,21)29-16(22,23)17(24,25)30(26,27)28;/h10-11H,2-9H2,1H3,(H,26,27,28);/p-1. The van der Waals surface area contributed by atoms with Crippen LogP contribution in [0, 0.1) is 22.7 Å². The maximum Gasteiger partial charge on any atom is 0.438 e. The minimum atomic E-state index is -7.16. The summed E-state index contributed by atoms with van der Waals surface area (Å²) in [5.74, 6) is -4.75. The summed E-state index contributed by atoms with van der Waals surface area (Å²) in [6.45, 7) is 2.00. The first-order chi connectivity index (χ1) is 13.2. The molecular formula is C17H21F8O4SY-. The zero-order chi connectivity index (χ0) is 23.0. The number of alkyl halides is 8. The Morgan fingerprint density at radius 3 is 1.84 bits per heavy atom. The molecule has 4 nitrogen and oxygen atoms in total. The van der Waals surface area contributed by atoms with Crippen LogP contribution in [0.1, 0.15) is 58.3 Å². The van der Waals surface area contributed by atoms with Gasteiger partial charge in [0, 0.05) is 39.1 Å². The first-order valence-corrected chi connectivity index (χ1v) is 10.8. The Morgan fingerprint density at radius 1 is 0.935 bits per heavy atom. The van der Waals surface area contributed by atoms with Crippen molar-refractivity contribution in [3.63, 3.8) is 0 Å². The molecule has 2 unspecified atom stereocenters. The van der Waals surface area contributed by atoms with Gasteiger partial charge in [-0.1, -0.05) is 6.92 Å². The topological polar surface area (TPSA) is 66.4 Å². The van der Waals surface area contributed by atoms with Crippen LogP contribution in [0.3, 0.4) is 0 Å². The predicted molar refractivity (Wildman–Crippen MR) is 85.0 cm³/mol. The van der Waals surface area contributed by atoms with E-state index in [9.17, 15) is 48.1 Å². The second-order valence-corrected chi connectivity index (χ2v) is 11.0. The van der Waals surface area contributed by atoms with Crippen molar-refractivity contribution >= 4 is 10.1 Å². The molecule has 4 aliphatic rings. The molecule has 0 aromatic carbocycles. The average molecular weight is 562 g/mol. The van der Waals surface area contributed by atoms with Gasteiger partial charge in [-0.3, -0.25) is 0 Å². The van der Waals surface area contributed by atoms with Gasteiger partial charge in [0.2, 0.25) is 0 Å². The van der Waals surface area contributed by atoms with Crippen LogP contribution >= 0.6 is 0 Å². The van der Waals surface area contributed by atoms with Gasteiger partial charge in [0.25, 0.3) is 0 Å². The Labute approximate surface area is 199 Å². The van der Waals surface area contributed by atoms with Crippen LogP contribution < -0.4 is 0 Å². The largest absolute Gasteiger partial charge is 0.743 e. The maximum atomic E-state index is 14.1. The van der Waals surface area contributed by atoms with Gasteiger partial charge in [-0.25, -0.2) is 13.2 Å². The Morgan fingerprint density at radius 2 is 1.42 bits per heavy atom. The van der Waals surface area contributed by atoms with Crippen LogP contribution in [0.2, 0.25) is 0 Å². The molecular weight excluding hydrogens is 541 g/mol. The molecule has 0 aliphatic heterocycles. The summed E-state index contributed by atoms with van der Waals surface area (Å²) >= 11 is 0. The first kappa shape index (κ1) is 27.7. The van der Waals surface area contributed by atoms with E-state index in [2.05, 4.69) is 4.74 Å². The van der Waals surface area contributed by atoms with Crippen LogP contribution in [-0.4, -0.2) is 36.4 Å². The summed E-state index contributed by atoms with van der Waals surface area (Å²) in [6.07, 6.45) is -10.5. The second kappa shape index (κ2) is 7.98. The fourth-order valence-corrected chi connectivity index (χ4v) is 6.56. The molecule has 2 atom stereocenters. The molecule has 0 aromatic heterocycles. The SMILES string of the molecule is CC12CC3CC(C1)CC(CCC(F)(F)C(F)(F)OC(F)(F)C(F)(F)S(=O)(=O)[O-])(C3)C2.[Y]. The maximum absolute atomic E-state index is 14.1. The molecule has 0 amide bonds. The molecule has 0 spiro atoms. The molecule has 4 rings (SSSR count). The molecule has 4 bridgehead atoms. The van der Waals surface area contributed by atoms with Crippen molar-refractivity contribution < 1.29 is 85.5 Å². The molecule has 179 valence electrons. The Bertz CT molecular complexity index is 790. The normalized spacial score (nSPS) is 34.0. The predicted octanol–water partition coefficient (Wildman–Crippen LogP) is 5.35. The van der Waals surface area contributed by atoms with Gasteiger partial charge in [0.1, 0.15) is 0 Å². The van der Waals surface area contributed by atoms with Gasteiger partial charge in [-0.15, -0.1) is 0 Å². The van der Waals surface area contributed by atoms with Crippen LogP contribution in [0.5, 0.6) is 0 Å². The van der Waals surface area contributed by atoms with Crippen LogP contribution in [-0.2, 0) is 47.6 Å². The van der Waals surface area contributed by atoms with Gasteiger partial charge in [-0.05, 0) is 67.6 Å². The number of halogens is 8. The summed E-state index contributed by atoms with van der Waals surface area (Å²) in [4.78, 5) is 0. The molecule has 31 heavy (non-hydrogen) atoms. The van der Waals surface area contributed by atoms with Crippen molar-refractivity contribution in [3.05, 3.63) is 0 Å². The van der Waals surface area contributed by atoms with Crippen molar-refractivity contribution in [1.82, 2.24) is 0 Å². The molecule has 0 aromatic rings. The van der Waals surface area contributed by atoms with E-state index in [1.165, 1.54) is 0 Å². The number of rotatable bonds is 8. The first-order valence-electron chi connectivity index (χ1n) is 9.40. The number of ether oxygens (including phenoxy) is 1. The fraction of sp³-hybridized carbons (Fsp3) is 1.00. The van der Waals surface area contributed by atoms with Crippen LogP contribution in [0.4, 0.5) is 35.1 Å². The molecule has 1 radical (unpaired) electrons. The molecule has 14 heteroatoms. The quantitative estimate of drug-likeness (QED) is 0.296. The average Bonchev–Trinajstić information content (AvgIpc) is 2.48. The number of hydrogen-bond donors (Lipinski definition) is 0. The van der Waals surface area contributed by atoms with E-state index in [1.807, 2.05) is 6.92 Å². The van der Waals surface area contributed by atoms with E-state index in [4.69, 9.17) is 0 Å². The summed E-state index contributed by atoms with van der Waals surface area (Å²) < 4.78 is 141. The summed E-state index contributed by atoms with van der Waals surface area (Å²) in [5.41, 5.74) is -0.765. The van der Waals surface area contributed by atoms with Crippen molar-refractivity contribution in [3.8, 4) is 0 Å². The molecule has 0 heterocycles. The molecule has 0 N–H and O–H groups in total. The smallest absolute Gasteiger partial charge is 0.438 e. The zero-order valence-corrected chi connectivity index (χ0v) is 20.1. The third kappa shape index (κ3) is 4.95. The molecule has 4 fully saturated rings. The van der Waals surface area contributed by atoms with Gasteiger partial charge < -0.3 is 4.55 Å². The minimum absolute atomic E-state index is 0. The van der Waals surface area contributed by atoms with E-state index in [-0.39, 0.29) is 50.0 Å². The summed E-state index contributed by atoms with van der Waals surface area (Å²) in [6, 6.07) is 0. The van der Waals surface area contributed by atoms with Crippen LogP contribution in [0.15, 0.2) is 0 Å². The van der Waals surface area contributed by atoms with Gasteiger partial charge >= 0.3 is 23.4 Å². The monoisotopic (exact) mass is 562 g/mol. The molecule has 0 saturated heterocycles. The third-order valence-corrected chi connectivity index (χ3v) is 7.64. The second-order valence-electron chi connectivity index (χ2n) is 9.58. The van der Waals surface area contributed by atoms with E-state index in [0.29, 0.717) is 19.3 Å². The van der Waals surface area contributed by atoms with Crippen LogP contribution in [0.25, 0.3) is 0 Å². The Kier molecular flexibility index (Phi) is 7.12. The van der Waals surface area contributed by atoms with Crippen molar-refractivity contribution in [2.24, 2.45) is 22.7 Å². The molecule has 4 aliphatic carbocycles. The summed E-state index contributed by atoms with van der Waals surface area (Å²) in [5, 5.41) is -6.66. The van der Waals surface area contributed by atoms with Gasteiger partial charge in [0.05, 0.1) is 0 Å². The third-order valence-electron chi connectivity index (χ3n) is 6.78. The van der Waals surface area contributed by atoms with E-state index >= 15 is 0 Å². The summed E-state index contributed by atoms with van der Waals surface area (Å²) in [7, 11) is -7.16. The minimum Gasteiger partial charge on any atom is -0.743 e. The Balaban J connectivity index is 0.00000341. The Hall–Kier alpha value is 0.414. The van der Waals surface area contributed by atoms with Crippen molar-refractivity contribution in [2.75, 3.05) is 0 Å².